The van der Waals surface area contributed by atoms with Gasteiger partial charge < -0.3 is 0 Å². The van der Waals surface area contributed by atoms with Crippen molar-refractivity contribution in [3.05, 3.63) is 262 Å². The van der Waals surface area contributed by atoms with Crippen LogP contribution in [-0.2, 0) is 108 Å². The summed E-state index contributed by atoms with van der Waals surface area (Å²) in [7, 11) is 16.9. The van der Waals surface area contributed by atoms with Crippen molar-refractivity contribution in [3.8, 4) is 0 Å². The van der Waals surface area contributed by atoms with Crippen molar-refractivity contribution in [3.63, 3.8) is 0 Å². The maximum absolute atomic E-state index is 4.62. The molecule has 0 atom stereocenters. The molecule has 134 heavy (non-hydrogen) atoms. The Bertz CT molecular complexity index is 8260. The molecule has 684 valence electrons. The van der Waals surface area contributed by atoms with E-state index in [1.165, 1.54) is 260 Å². The molecule has 4 aromatic carbocycles. The molecule has 20 aromatic heterocycles. The lowest BCUT2D eigenvalue weighted by molar-refractivity contribution is -0.680. The first-order valence-corrected chi connectivity index (χ1v) is 56.5. The SMILES string of the molecule is CCc1c2c(cc[n+]1C)sc1c(C)csc12.CCc1c2c(nc[n+]1C)sc1c(C)csc12.CCc1c2sc3c(C)c(C)sc3c2cc[n+]1C.CCc1c2sc3c(C)c(C)sc3c2nc[n+]1C.CCc1c2sc3c(C)csc3c2cc[n+]1C.CCc1c2sc3c(C)csc3c2nc[n+]1C.CCc1cc2c(ccc3cc(C)ccc32)c[n+]1C.CCc1cc2c(ccc3ccc(C)cc32)c[n+]1C. The Hall–Kier alpha value is -9.57. The lowest BCUT2D eigenvalue weighted by Crippen LogP contribution is -2.33. The van der Waals surface area contributed by atoms with E-state index >= 15 is 0 Å². The van der Waals surface area contributed by atoms with Gasteiger partial charge in [0.05, 0.1) is 74.2 Å². The first kappa shape index (κ1) is 96.1. The fourth-order valence-corrected chi connectivity index (χ4v) is 34.6. The molecule has 0 aliphatic rings. The summed E-state index contributed by atoms with van der Waals surface area (Å²) >= 11 is 22.7. The van der Waals surface area contributed by atoms with Crippen LogP contribution >= 0.6 is 136 Å². The largest absolute Gasteiger partial charge is 0.287 e. The molecule has 0 saturated heterocycles. The predicted octanol–water partition coefficient (Wildman–Crippen LogP) is 29.0. The predicted molar refractivity (Wildman–Crippen MR) is 591 cm³/mol. The van der Waals surface area contributed by atoms with E-state index in [2.05, 4.69) is 376 Å². The highest BCUT2D eigenvalue weighted by molar-refractivity contribution is 7.35. The van der Waals surface area contributed by atoms with Gasteiger partial charge in [-0.15, -0.1) is 125 Å². The zero-order valence-electron chi connectivity index (χ0n) is 82.1. The Balaban J connectivity index is 0.000000107. The first-order chi connectivity index (χ1) is 64.5. The molecular weight excluding hydrogens is 1870 g/mol. The summed E-state index contributed by atoms with van der Waals surface area (Å²) in [5, 5.41) is 25.5. The average molecular weight is 1990 g/mol. The smallest absolute Gasteiger partial charge is 0.236 e. The zero-order valence-corrected chi connectivity index (χ0v) is 91.9. The minimum absolute atomic E-state index is 1.05. The standard InChI is InChI=1S/2C17H18N.C14H16NS2.C13H15N2S2.2C13H14NS2.2C12H13N2S2/c1-4-15-10-17-14(11-18(15)3)7-6-13-9-12(2)5-8-16(13)17;1-4-15-10-17-14(11-18(15)3)8-7-13-6-5-12(2)9-16(13)17;1-5-11-13-10(6-7-15(11)4)14-12(17-13)8(2)9(3)16-14;1-5-9-12-10(14-6-15(9)4)13-11(17-12)7(2)8(3)16-13;1-4-10-12-9(5-6-14(10)3)13-11(16-12)8(2)7-15-13;1-4-9-11-10(5-6-14(9)3)16-12-8(2)7-15-13(11)12;1-4-8-11-9(13-6-14(8)3)12-10(16-11)7(2)5-15-12;1-4-8-9-11-10(7(2)5-15-11)16-12(9)13-6-14(8)3/h2*5-11H,4H2,1-3H3;6-7H,5H2,1-4H3;6H,5H2,1-4H3;2*5-7H,4H2,1-3H3;2*5-6H,4H2,1-3H3/q8*+1. The second-order valence-corrected chi connectivity index (χ2v) is 47.4. The Morgan fingerprint density at radius 1 is 0.254 bits per heavy atom. The van der Waals surface area contributed by atoms with Gasteiger partial charge in [-0.25, -0.2) is 36.5 Å². The van der Waals surface area contributed by atoms with Gasteiger partial charge in [-0.05, 0) is 173 Å². The van der Waals surface area contributed by atoms with Crippen LogP contribution in [0.4, 0.5) is 0 Å². The van der Waals surface area contributed by atoms with Crippen molar-refractivity contribution in [1.82, 2.24) is 15.0 Å². The number of hydrogen-bond acceptors (Lipinski definition) is 15. The summed E-state index contributed by atoms with van der Waals surface area (Å²) < 4.78 is 42.0. The van der Waals surface area contributed by atoms with Crippen molar-refractivity contribution >= 4 is 296 Å². The third-order valence-corrected chi connectivity index (χ3v) is 42.1. The average Bonchev–Trinajstić information content (AvgIpc) is 1.60. The Labute approximate surface area is 834 Å². The van der Waals surface area contributed by atoms with E-state index in [4.69, 9.17) is 0 Å². The van der Waals surface area contributed by atoms with Gasteiger partial charge >= 0.3 is 0 Å². The van der Waals surface area contributed by atoms with Gasteiger partial charge in [0.15, 0.2) is 59.5 Å². The normalized spacial score (nSPS) is 11.6. The molecule has 24 aromatic rings. The molecule has 11 nitrogen and oxygen atoms in total. The van der Waals surface area contributed by atoms with Crippen LogP contribution in [0.15, 0.2) is 162 Å². The molecule has 0 aliphatic carbocycles. The number of rotatable bonds is 8. The molecule has 0 fully saturated rings. The maximum Gasteiger partial charge on any atom is 0.287 e. The van der Waals surface area contributed by atoms with E-state index < -0.39 is 0 Å². The van der Waals surface area contributed by atoms with Gasteiger partial charge in [-0.2, -0.15) is 0 Å². The van der Waals surface area contributed by atoms with Crippen LogP contribution in [0.25, 0.3) is 160 Å². The summed E-state index contributed by atoms with van der Waals surface area (Å²) in [5.41, 5.74) is 24.8. The van der Waals surface area contributed by atoms with E-state index in [0.717, 1.165) is 51.4 Å². The number of aromatic nitrogens is 11. The molecule has 0 spiro atoms. The quantitative estimate of drug-likeness (QED) is 0.112. The van der Waals surface area contributed by atoms with Gasteiger partial charge in [0.2, 0.25) is 15.9 Å². The van der Waals surface area contributed by atoms with Crippen LogP contribution < -0.4 is 36.5 Å². The molecule has 0 aliphatic heterocycles. The zero-order chi connectivity index (χ0) is 94.8. The summed E-state index contributed by atoms with van der Waals surface area (Å²) in [6, 6.07) is 33.7. The number of pyridine rings is 5. The lowest BCUT2D eigenvalue weighted by atomic mass is 10.0. The molecule has 24 rings (SSSR count). The highest BCUT2D eigenvalue weighted by atomic mass is 32.1. The third-order valence-electron chi connectivity index (χ3n) is 26.4. The summed E-state index contributed by atoms with van der Waals surface area (Å²) in [4.78, 5) is 17.8. The molecule has 0 amide bonds. The Morgan fingerprint density at radius 3 is 1.19 bits per heavy atom. The fourth-order valence-electron chi connectivity index (χ4n) is 18.6. The summed E-state index contributed by atoms with van der Waals surface area (Å²) in [6.45, 7) is 39.7. The van der Waals surface area contributed by atoms with E-state index in [1.54, 1.807) is 0 Å². The van der Waals surface area contributed by atoms with E-state index in [0.29, 0.717) is 0 Å². The van der Waals surface area contributed by atoms with Gasteiger partial charge in [-0.1, -0.05) is 126 Å². The Morgan fingerprint density at radius 2 is 0.634 bits per heavy atom. The monoisotopic (exact) mass is 1990 g/mol. The van der Waals surface area contributed by atoms with E-state index in [9.17, 15) is 0 Å². The lowest BCUT2D eigenvalue weighted by Gasteiger charge is -2.06. The van der Waals surface area contributed by atoms with Crippen LogP contribution in [0.3, 0.4) is 0 Å². The molecule has 23 heteroatoms. The third kappa shape index (κ3) is 18.0. The number of hydrogen-bond donors (Lipinski definition) is 0. The van der Waals surface area contributed by atoms with E-state index in [-0.39, 0.29) is 0 Å². The highest BCUT2D eigenvalue weighted by Gasteiger charge is 2.27. The number of aryl methyl sites for hydroxylation is 26. The molecular formula is C111H121N11S12+8. The Kier molecular flexibility index (Phi) is 28.9. The topological polar surface area (TPSA) is 69.7 Å². The first-order valence-electron chi connectivity index (χ1n) is 46.4. The number of thiophene rings is 12. The number of nitrogens with zero attached hydrogens (tertiary/aromatic N) is 11. The van der Waals surface area contributed by atoms with Crippen molar-refractivity contribution < 1.29 is 36.5 Å². The van der Waals surface area contributed by atoms with Crippen LogP contribution in [-0.4, -0.2) is 15.0 Å². The van der Waals surface area contributed by atoms with Crippen molar-refractivity contribution in [2.45, 2.75) is 176 Å². The van der Waals surface area contributed by atoms with Crippen LogP contribution in [0.5, 0.6) is 0 Å². The van der Waals surface area contributed by atoms with Crippen molar-refractivity contribution in [2.75, 3.05) is 0 Å². The number of fused-ring (bicyclic) bond motifs is 24. The van der Waals surface area contributed by atoms with Crippen LogP contribution in [0.1, 0.15) is 155 Å². The highest BCUT2D eigenvalue weighted by Crippen LogP contribution is 2.47. The maximum atomic E-state index is 4.62. The van der Waals surface area contributed by atoms with Gasteiger partial charge in [-0.3, -0.25) is 0 Å². The van der Waals surface area contributed by atoms with Crippen molar-refractivity contribution in [2.24, 2.45) is 56.4 Å². The minimum atomic E-state index is 1.05. The van der Waals surface area contributed by atoms with Crippen LogP contribution in [0.2, 0.25) is 0 Å². The molecule has 0 radical (unpaired) electrons. The summed E-state index contributed by atoms with van der Waals surface area (Å²) in [6.07, 6.45) is 25.4. The van der Waals surface area contributed by atoms with Gasteiger partial charge in [0.25, 0.3) is 19.0 Å². The molecule has 0 unspecified atom stereocenters. The summed E-state index contributed by atoms with van der Waals surface area (Å²) in [5.74, 6) is 0. The van der Waals surface area contributed by atoms with E-state index in [1.807, 2.05) is 155 Å². The van der Waals surface area contributed by atoms with Gasteiger partial charge in [0, 0.05) is 143 Å². The van der Waals surface area contributed by atoms with Crippen LogP contribution in [0, 0.1) is 69.2 Å². The number of benzene rings is 4. The molecule has 0 saturated carbocycles. The van der Waals surface area contributed by atoms with Crippen molar-refractivity contribution in [1.29, 1.82) is 0 Å². The second kappa shape index (κ2) is 40.2. The molecule has 0 N–H and O–H groups in total. The fraction of sp³-hybridized carbons (Fsp3) is 0.306. The molecule has 20 heterocycles. The second-order valence-electron chi connectivity index (χ2n) is 35.3. The minimum Gasteiger partial charge on any atom is -0.236 e. The molecule has 0 bridgehead atoms. The van der Waals surface area contributed by atoms with Gasteiger partial charge in [0.1, 0.15) is 71.1 Å².